The number of fused-ring (bicyclic) bond motifs is 1. The van der Waals surface area contributed by atoms with Gasteiger partial charge < -0.3 is 14.6 Å². The van der Waals surface area contributed by atoms with Gasteiger partial charge in [-0.1, -0.05) is 38.1 Å². The monoisotopic (exact) mass is 404 g/mol. The number of nitrogens with zero attached hydrogens (tertiary/aromatic N) is 3. The Bertz CT molecular complexity index is 1040. The summed E-state index contributed by atoms with van der Waals surface area (Å²) in [6.07, 6.45) is 1.60. The van der Waals surface area contributed by atoms with Gasteiger partial charge in [0, 0.05) is 31.7 Å². The molecule has 3 heterocycles. The summed E-state index contributed by atoms with van der Waals surface area (Å²) in [6.45, 7) is 8.18. The average molecular weight is 405 g/mol. The predicted molar refractivity (Wildman–Crippen MR) is 117 cm³/mol. The first-order valence-corrected chi connectivity index (χ1v) is 10.5. The maximum Gasteiger partial charge on any atom is 0.270 e. The molecule has 3 aromatic rings. The fourth-order valence-corrected chi connectivity index (χ4v) is 3.68. The maximum absolute atomic E-state index is 12.8. The summed E-state index contributed by atoms with van der Waals surface area (Å²) in [4.78, 5) is 24.3. The molecule has 1 aromatic carbocycles. The molecule has 0 unspecified atom stereocenters. The molecule has 1 amide bonds. The van der Waals surface area contributed by atoms with Crippen LogP contribution in [-0.4, -0.2) is 29.0 Å². The number of furan rings is 1. The van der Waals surface area contributed by atoms with Gasteiger partial charge >= 0.3 is 0 Å². The van der Waals surface area contributed by atoms with Gasteiger partial charge in [-0.15, -0.1) is 0 Å². The van der Waals surface area contributed by atoms with E-state index in [2.05, 4.69) is 53.3 Å². The second-order valence-electron chi connectivity index (χ2n) is 8.09. The molecule has 0 aliphatic carbocycles. The minimum absolute atomic E-state index is 0.179. The maximum atomic E-state index is 12.8. The molecule has 1 N–H and O–H groups in total. The van der Waals surface area contributed by atoms with E-state index >= 15 is 0 Å². The van der Waals surface area contributed by atoms with E-state index in [1.165, 1.54) is 11.1 Å². The third kappa shape index (κ3) is 4.53. The normalized spacial score (nSPS) is 13.4. The molecule has 2 aromatic heterocycles. The number of benzene rings is 1. The van der Waals surface area contributed by atoms with Gasteiger partial charge in [0.05, 0.1) is 0 Å². The first-order valence-electron chi connectivity index (χ1n) is 10.5. The highest BCUT2D eigenvalue weighted by Gasteiger charge is 2.21. The number of aryl methyl sites for hydroxylation is 1. The highest BCUT2D eigenvalue weighted by Crippen LogP contribution is 2.24. The second-order valence-corrected chi connectivity index (χ2v) is 8.09. The van der Waals surface area contributed by atoms with Crippen molar-refractivity contribution in [1.29, 1.82) is 0 Å². The van der Waals surface area contributed by atoms with Crippen molar-refractivity contribution in [3.8, 4) is 0 Å². The van der Waals surface area contributed by atoms with Crippen LogP contribution in [0.25, 0.3) is 0 Å². The van der Waals surface area contributed by atoms with E-state index in [1.54, 1.807) is 6.07 Å². The number of nitrogens with one attached hydrogen (secondary N) is 1. The zero-order valence-corrected chi connectivity index (χ0v) is 17.8. The number of hydrogen-bond acceptors (Lipinski definition) is 5. The van der Waals surface area contributed by atoms with Crippen molar-refractivity contribution in [2.75, 3.05) is 18.0 Å². The standard InChI is InChI=1S/C24H28N4O2/c1-16(2)21-14-22(23(29)25-12-10-20-9-8-17(3)30-20)27-24(26-21)28-13-11-18-6-4-5-7-19(18)15-28/h4-9,14,16H,10-13,15H2,1-3H3,(H,25,29). The molecular formula is C24H28N4O2. The quantitative estimate of drug-likeness (QED) is 0.671. The van der Waals surface area contributed by atoms with E-state index < -0.39 is 0 Å². The van der Waals surface area contributed by atoms with Crippen molar-refractivity contribution >= 4 is 11.9 Å². The first kappa shape index (κ1) is 20.1. The molecule has 6 nitrogen and oxygen atoms in total. The van der Waals surface area contributed by atoms with Crippen LogP contribution >= 0.6 is 0 Å². The number of amides is 1. The van der Waals surface area contributed by atoms with E-state index in [4.69, 9.17) is 9.40 Å². The molecule has 0 saturated carbocycles. The van der Waals surface area contributed by atoms with Gasteiger partial charge in [-0.05, 0) is 48.6 Å². The van der Waals surface area contributed by atoms with Crippen LogP contribution in [0.4, 0.5) is 5.95 Å². The smallest absolute Gasteiger partial charge is 0.270 e. The Hall–Kier alpha value is -3.15. The Morgan fingerprint density at radius 1 is 1.17 bits per heavy atom. The molecule has 6 heteroatoms. The van der Waals surface area contributed by atoms with Gasteiger partial charge in [-0.3, -0.25) is 4.79 Å². The fraction of sp³-hybridized carbons (Fsp3) is 0.375. The number of anilines is 1. The molecule has 0 bridgehead atoms. The highest BCUT2D eigenvalue weighted by atomic mass is 16.3. The molecule has 0 fully saturated rings. The van der Waals surface area contributed by atoms with E-state index in [-0.39, 0.29) is 11.8 Å². The van der Waals surface area contributed by atoms with Crippen molar-refractivity contribution < 1.29 is 9.21 Å². The number of rotatable bonds is 6. The molecule has 0 atom stereocenters. The van der Waals surface area contributed by atoms with Crippen LogP contribution in [0.2, 0.25) is 0 Å². The van der Waals surface area contributed by atoms with Gasteiger partial charge in [0.2, 0.25) is 5.95 Å². The minimum Gasteiger partial charge on any atom is -0.466 e. The van der Waals surface area contributed by atoms with Crippen LogP contribution in [0.15, 0.2) is 46.9 Å². The molecular weight excluding hydrogens is 376 g/mol. The van der Waals surface area contributed by atoms with Crippen LogP contribution in [0.3, 0.4) is 0 Å². The zero-order valence-electron chi connectivity index (χ0n) is 17.8. The summed E-state index contributed by atoms with van der Waals surface area (Å²) in [5, 5.41) is 2.96. The molecule has 0 radical (unpaired) electrons. The first-order chi connectivity index (χ1) is 14.5. The Morgan fingerprint density at radius 3 is 2.70 bits per heavy atom. The lowest BCUT2D eigenvalue weighted by Crippen LogP contribution is -2.33. The Balaban J connectivity index is 1.50. The minimum atomic E-state index is -0.179. The highest BCUT2D eigenvalue weighted by molar-refractivity contribution is 5.92. The van der Waals surface area contributed by atoms with Crippen LogP contribution in [0.5, 0.6) is 0 Å². The van der Waals surface area contributed by atoms with E-state index in [1.807, 2.05) is 19.1 Å². The second kappa shape index (κ2) is 8.69. The fourth-order valence-electron chi connectivity index (χ4n) is 3.68. The summed E-state index contributed by atoms with van der Waals surface area (Å²) < 4.78 is 5.57. The van der Waals surface area contributed by atoms with Crippen molar-refractivity contribution in [1.82, 2.24) is 15.3 Å². The summed E-state index contributed by atoms with van der Waals surface area (Å²) in [5.74, 6) is 2.40. The van der Waals surface area contributed by atoms with Gasteiger partial charge in [0.1, 0.15) is 17.2 Å². The van der Waals surface area contributed by atoms with Crippen LogP contribution in [0, 0.1) is 6.92 Å². The molecule has 0 saturated heterocycles. The van der Waals surface area contributed by atoms with Crippen LogP contribution in [0.1, 0.15) is 58.6 Å². The topological polar surface area (TPSA) is 71.3 Å². The summed E-state index contributed by atoms with van der Waals surface area (Å²) in [6, 6.07) is 14.1. The largest absolute Gasteiger partial charge is 0.466 e. The number of carbonyl (C=O) groups excluding carboxylic acids is 1. The van der Waals surface area contributed by atoms with Crippen molar-refractivity contribution in [3.05, 3.63) is 76.5 Å². The van der Waals surface area contributed by atoms with E-state index in [0.717, 1.165) is 36.7 Å². The molecule has 30 heavy (non-hydrogen) atoms. The van der Waals surface area contributed by atoms with Crippen molar-refractivity contribution in [2.45, 2.75) is 46.1 Å². The predicted octanol–water partition coefficient (Wildman–Crippen LogP) is 4.04. The zero-order chi connectivity index (χ0) is 21.1. The summed E-state index contributed by atoms with van der Waals surface area (Å²) >= 11 is 0. The lowest BCUT2D eigenvalue weighted by Gasteiger charge is -2.29. The average Bonchev–Trinajstić information content (AvgIpc) is 3.17. The molecule has 1 aliphatic rings. The lowest BCUT2D eigenvalue weighted by atomic mass is 10.0. The summed E-state index contributed by atoms with van der Waals surface area (Å²) in [5.41, 5.74) is 3.96. The Labute approximate surface area is 177 Å². The number of carbonyl (C=O) groups is 1. The van der Waals surface area contributed by atoms with Crippen molar-refractivity contribution in [3.63, 3.8) is 0 Å². The van der Waals surface area contributed by atoms with Gasteiger partial charge in [-0.2, -0.15) is 0 Å². The lowest BCUT2D eigenvalue weighted by molar-refractivity contribution is 0.0948. The molecule has 4 rings (SSSR count). The number of aromatic nitrogens is 2. The number of hydrogen-bond donors (Lipinski definition) is 1. The van der Waals surface area contributed by atoms with Crippen LogP contribution < -0.4 is 10.2 Å². The Kier molecular flexibility index (Phi) is 5.84. The van der Waals surface area contributed by atoms with Crippen LogP contribution in [-0.2, 0) is 19.4 Å². The Morgan fingerprint density at radius 2 is 1.97 bits per heavy atom. The third-order valence-electron chi connectivity index (χ3n) is 5.42. The molecule has 0 spiro atoms. The van der Waals surface area contributed by atoms with Gasteiger partial charge in [-0.25, -0.2) is 9.97 Å². The van der Waals surface area contributed by atoms with E-state index in [0.29, 0.717) is 24.6 Å². The van der Waals surface area contributed by atoms with Crippen molar-refractivity contribution in [2.24, 2.45) is 0 Å². The van der Waals surface area contributed by atoms with Gasteiger partial charge in [0.25, 0.3) is 5.91 Å². The molecule has 156 valence electrons. The summed E-state index contributed by atoms with van der Waals surface area (Å²) in [7, 11) is 0. The SMILES string of the molecule is Cc1ccc(CCNC(=O)c2cc(C(C)C)nc(N3CCc4ccccc4C3)n2)o1. The molecule has 1 aliphatic heterocycles. The van der Waals surface area contributed by atoms with Gasteiger partial charge in [0.15, 0.2) is 0 Å². The van der Waals surface area contributed by atoms with E-state index in [9.17, 15) is 4.79 Å². The third-order valence-corrected chi connectivity index (χ3v) is 5.42.